The smallest absolute Gasteiger partial charge is 0.413 e. The number of hydrogen-bond donors (Lipinski definition) is 1. The van der Waals surface area contributed by atoms with Crippen LogP contribution in [0, 0.1) is 11.3 Å². The fraction of sp³-hybridized carbons (Fsp3) is 0.188. The fourth-order valence-corrected chi connectivity index (χ4v) is 2.01. The normalized spacial score (nSPS) is 13.2. The average molecular weight is 282 g/mol. The summed E-state index contributed by atoms with van der Waals surface area (Å²) in [5.41, 5.74) is 2.09. The van der Waals surface area contributed by atoms with Crippen LogP contribution in [0.5, 0.6) is 0 Å². The Bertz CT molecular complexity index is 681. The maximum Gasteiger partial charge on any atom is 0.413 e. The lowest BCUT2D eigenvalue weighted by molar-refractivity contribution is -0.455. The summed E-state index contributed by atoms with van der Waals surface area (Å²) in [7, 11) is 0. The number of allylic oxidation sites excluding steroid dienone is 1. The van der Waals surface area contributed by atoms with E-state index in [0.717, 1.165) is 11.3 Å². The minimum atomic E-state index is -0.177. The van der Waals surface area contributed by atoms with Crippen molar-refractivity contribution in [2.75, 3.05) is 11.9 Å². The molecule has 5 nitrogen and oxygen atoms in total. The van der Waals surface area contributed by atoms with Gasteiger partial charge in [0.1, 0.15) is 0 Å². The number of hydrogen-bond acceptors (Lipinski definition) is 4. The van der Waals surface area contributed by atoms with Crippen molar-refractivity contribution in [3.05, 3.63) is 54.4 Å². The number of ether oxygens (including phenoxy) is 1. The molecule has 0 aromatic heterocycles. The number of rotatable bonds is 6. The minimum absolute atomic E-state index is 0.177. The highest BCUT2D eigenvalue weighted by Crippen LogP contribution is 2.14. The summed E-state index contributed by atoms with van der Waals surface area (Å²) in [5, 5.41) is 12.0. The molecule has 21 heavy (non-hydrogen) atoms. The number of nitrogens with zero attached hydrogens (tertiary/aromatic N) is 2. The molecule has 0 radical (unpaired) electrons. The Balaban J connectivity index is 2.14. The highest BCUT2D eigenvalue weighted by Gasteiger charge is 2.26. The Labute approximate surface area is 123 Å². The van der Waals surface area contributed by atoms with Gasteiger partial charge in [-0.3, -0.25) is 0 Å². The molecule has 1 aromatic carbocycles. The Morgan fingerprint density at radius 3 is 3.00 bits per heavy atom. The van der Waals surface area contributed by atoms with Gasteiger partial charge in [0.05, 0.1) is 12.7 Å². The second-order valence-corrected chi connectivity index (χ2v) is 4.44. The molecule has 0 unspecified atom stereocenters. The van der Waals surface area contributed by atoms with Gasteiger partial charge in [-0.05, 0) is 25.6 Å². The molecular formula is C16H16N3O2+. The van der Waals surface area contributed by atoms with Gasteiger partial charge in [-0.25, -0.2) is 4.79 Å². The number of amides is 1. The first-order valence-electron chi connectivity index (χ1n) is 6.58. The molecule has 1 aromatic rings. The second-order valence-electron chi connectivity index (χ2n) is 4.44. The average Bonchev–Trinajstić information content (AvgIpc) is 2.80. The molecule has 1 amide bonds. The van der Waals surface area contributed by atoms with Crippen LogP contribution >= 0.6 is 0 Å². The van der Waals surface area contributed by atoms with Crippen LogP contribution in [0.25, 0.3) is 0 Å². The molecule has 1 aliphatic heterocycles. The van der Waals surface area contributed by atoms with Crippen molar-refractivity contribution in [2.45, 2.75) is 13.5 Å². The molecule has 1 heterocycles. The summed E-state index contributed by atoms with van der Waals surface area (Å²) in [4.78, 5) is 11.7. The zero-order chi connectivity index (χ0) is 15.2. The van der Waals surface area contributed by atoms with Gasteiger partial charge in [0, 0.05) is 17.3 Å². The number of benzene rings is 1. The zero-order valence-electron chi connectivity index (χ0n) is 11.8. The van der Waals surface area contributed by atoms with E-state index in [1.807, 2.05) is 37.3 Å². The summed E-state index contributed by atoms with van der Waals surface area (Å²) in [6, 6.07) is 9.56. The lowest BCUT2D eigenvalue weighted by Gasteiger charge is -2.10. The van der Waals surface area contributed by atoms with Crippen LogP contribution in [-0.4, -0.2) is 22.8 Å². The molecule has 0 saturated carbocycles. The molecule has 1 N–H and O–H groups in total. The predicted molar refractivity (Wildman–Crippen MR) is 79.6 cm³/mol. The van der Waals surface area contributed by atoms with E-state index in [0.29, 0.717) is 24.7 Å². The van der Waals surface area contributed by atoms with E-state index in [-0.39, 0.29) is 5.91 Å². The molecule has 0 saturated heterocycles. The summed E-state index contributed by atoms with van der Waals surface area (Å²) in [6.07, 6.45) is 2.93. The van der Waals surface area contributed by atoms with Gasteiger partial charge in [-0.2, -0.15) is 5.26 Å². The van der Waals surface area contributed by atoms with Crippen molar-refractivity contribution < 1.29 is 14.1 Å². The van der Waals surface area contributed by atoms with Crippen LogP contribution in [0.1, 0.15) is 12.5 Å². The van der Waals surface area contributed by atoms with E-state index >= 15 is 0 Å². The molecule has 1 aliphatic rings. The Kier molecular flexibility index (Phi) is 4.52. The SMILES string of the molecule is C=C(Nc1cccc(C[N+]2=C(C#N)C=CC2=O)c1)OCC. The van der Waals surface area contributed by atoms with Crippen molar-refractivity contribution in [2.24, 2.45) is 0 Å². The molecule has 0 aliphatic carbocycles. The highest BCUT2D eigenvalue weighted by molar-refractivity contribution is 6.12. The molecule has 0 bridgehead atoms. The summed E-state index contributed by atoms with van der Waals surface area (Å²) < 4.78 is 6.68. The number of nitriles is 1. The van der Waals surface area contributed by atoms with Crippen LogP contribution in [0.2, 0.25) is 0 Å². The lowest BCUT2D eigenvalue weighted by atomic mass is 10.2. The zero-order valence-corrected chi connectivity index (χ0v) is 11.8. The van der Waals surface area contributed by atoms with Crippen LogP contribution in [0.15, 0.2) is 48.9 Å². The van der Waals surface area contributed by atoms with Crippen LogP contribution in [0.3, 0.4) is 0 Å². The van der Waals surface area contributed by atoms with E-state index in [2.05, 4.69) is 11.9 Å². The van der Waals surface area contributed by atoms with E-state index in [1.165, 1.54) is 16.7 Å². The number of anilines is 1. The van der Waals surface area contributed by atoms with E-state index in [1.54, 1.807) is 0 Å². The van der Waals surface area contributed by atoms with Crippen molar-refractivity contribution in [1.29, 1.82) is 5.26 Å². The first kappa shape index (κ1) is 14.5. The van der Waals surface area contributed by atoms with Crippen molar-refractivity contribution in [1.82, 2.24) is 0 Å². The van der Waals surface area contributed by atoms with E-state index in [9.17, 15) is 4.79 Å². The first-order valence-corrected chi connectivity index (χ1v) is 6.58. The third kappa shape index (κ3) is 3.57. The van der Waals surface area contributed by atoms with E-state index < -0.39 is 0 Å². The maximum absolute atomic E-state index is 11.7. The van der Waals surface area contributed by atoms with Gasteiger partial charge in [-0.1, -0.05) is 12.1 Å². The lowest BCUT2D eigenvalue weighted by Crippen LogP contribution is -2.19. The molecule has 106 valence electrons. The maximum atomic E-state index is 11.7. The molecule has 2 rings (SSSR count). The second kappa shape index (κ2) is 6.53. The Hall–Kier alpha value is -2.87. The van der Waals surface area contributed by atoms with Crippen LogP contribution < -0.4 is 5.32 Å². The fourth-order valence-electron chi connectivity index (χ4n) is 2.01. The van der Waals surface area contributed by atoms with Gasteiger partial charge >= 0.3 is 5.91 Å². The Morgan fingerprint density at radius 1 is 1.48 bits per heavy atom. The van der Waals surface area contributed by atoms with Crippen molar-refractivity contribution >= 4 is 17.3 Å². The largest absolute Gasteiger partial charge is 0.480 e. The standard InChI is InChI=1S/C16H16N3O2/c1-3-21-12(2)18-14-6-4-5-13(9-14)11-19-15(10-17)7-8-16(19)20/h4-9,18H,2-3,11H2,1H3/q+1. The molecule has 0 spiro atoms. The molecular weight excluding hydrogens is 266 g/mol. The molecule has 0 atom stereocenters. The topological polar surface area (TPSA) is 65.1 Å². The number of carbonyl (C=O) groups is 1. The highest BCUT2D eigenvalue weighted by atomic mass is 16.5. The van der Waals surface area contributed by atoms with Gasteiger partial charge in [0.25, 0.3) is 5.71 Å². The van der Waals surface area contributed by atoms with Gasteiger partial charge < -0.3 is 10.1 Å². The van der Waals surface area contributed by atoms with Crippen molar-refractivity contribution in [3.63, 3.8) is 0 Å². The third-order valence-corrected chi connectivity index (χ3v) is 2.93. The minimum Gasteiger partial charge on any atom is -0.480 e. The van der Waals surface area contributed by atoms with Gasteiger partial charge in [-0.15, -0.1) is 4.58 Å². The molecule has 5 heteroatoms. The van der Waals surface area contributed by atoms with Crippen LogP contribution in [-0.2, 0) is 16.1 Å². The van der Waals surface area contributed by atoms with Crippen LogP contribution in [0.4, 0.5) is 5.69 Å². The summed E-state index contributed by atoms with van der Waals surface area (Å²) in [5.74, 6) is 0.293. The Morgan fingerprint density at radius 2 is 2.29 bits per heavy atom. The number of carbonyl (C=O) groups excluding carboxylic acids is 1. The number of nitrogens with one attached hydrogen (secondary N) is 1. The summed E-state index contributed by atoms with van der Waals surface area (Å²) >= 11 is 0. The summed E-state index contributed by atoms with van der Waals surface area (Å²) in [6.45, 7) is 6.53. The third-order valence-electron chi connectivity index (χ3n) is 2.93. The quantitative estimate of drug-likeness (QED) is 0.641. The van der Waals surface area contributed by atoms with Gasteiger partial charge in [0.15, 0.2) is 18.5 Å². The monoisotopic (exact) mass is 282 g/mol. The van der Waals surface area contributed by atoms with E-state index in [4.69, 9.17) is 10.00 Å². The molecule has 0 fully saturated rings. The van der Waals surface area contributed by atoms with Crippen molar-refractivity contribution in [3.8, 4) is 6.07 Å². The first-order chi connectivity index (χ1) is 10.1. The predicted octanol–water partition coefficient (Wildman–Crippen LogP) is 2.18. The van der Waals surface area contributed by atoms with Gasteiger partial charge in [0.2, 0.25) is 0 Å².